The van der Waals surface area contributed by atoms with Crippen molar-refractivity contribution in [2.75, 3.05) is 11.9 Å². The van der Waals surface area contributed by atoms with Crippen LogP contribution in [0.15, 0.2) is 24.3 Å². The standard InChI is InChI=1S/C13H13BrFNO/c14-9-1-4-13(17)16-10-2-3-11-5-7-12(15)8-6-11/h5-8H,1,4,9-10H2,(H,16,17). The van der Waals surface area contributed by atoms with Crippen LogP contribution in [0.4, 0.5) is 4.39 Å². The molecule has 0 saturated heterocycles. The highest BCUT2D eigenvalue weighted by atomic mass is 79.9. The summed E-state index contributed by atoms with van der Waals surface area (Å²) in [4.78, 5) is 11.2. The molecule has 0 aromatic heterocycles. The van der Waals surface area contributed by atoms with E-state index in [1.165, 1.54) is 12.1 Å². The number of alkyl halides is 1. The maximum Gasteiger partial charge on any atom is 0.220 e. The molecule has 0 aliphatic rings. The van der Waals surface area contributed by atoms with Crippen molar-refractivity contribution in [3.05, 3.63) is 35.6 Å². The van der Waals surface area contributed by atoms with E-state index >= 15 is 0 Å². The molecule has 0 aliphatic carbocycles. The lowest BCUT2D eigenvalue weighted by Gasteiger charge is -1.98. The number of hydrogen-bond donors (Lipinski definition) is 1. The molecule has 90 valence electrons. The molecule has 0 fully saturated rings. The Bertz CT molecular complexity index is 419. The zero-order chi connectivity index (χ0) is 12.5. The van der Waals surface area contributed by atoms with Crippen LogP contribution in [0, 0.1) is 17.7 Å². The number of amides is 1. The number of benzene rings is 1. The SMILES string of the molecule is O=C(CCCBr)NCC#Cc1ccc(F)cc1. The fourth-order valence-electron chi connectivity index (χ4n) is 1.14. The molecular weight excluding hydrogens is 285 g/mol. The van der Waals surface area contributed by atoms with Crippen molar-refractivity contribution in [1.82, 2.24) is 5.32 Å². The fraction of sp³-hybridized carbons (Fsp3) is 0.308. The Morgan fingerprint density at radius 1 is 1.35 bits per heavy atom. The zero-order valence-electron chi connectivity index (χ0n) is 9.30. The second-order valence-corrected chi connectivity index (χ2v) is 4.17. The minimum absolute atomic E-state index is 0.00199. The summed E-state index contributed by atoms with van der Waals surface area (Å²) >= 11 is 3.26. The van der Waals surface area contributed by atoms with E-state index in [4.69, 9.17) is 0 Å². The molecule has 0 atom stereocenters. The lowest BCUT2D eigenvalue weighted by molar-refractivity contribution is -0.120. The topological polar surface area (TPSA) is 29.1 Å². The summed E-state index contributed by atoms with van der Waals surface area (Å²) in [5.74, 6) is 5.37. The summed E-state index contributed by atoms with van der Waals surface area (Å²) in [6.07, 6.45) is 1.32. The van der Waals surface area contributed by atoms with Crippen molar-refractivity contribution in [3.8, 4) is 11.8 Å². The van der Waals surface area contributed by atoms with Gasteiger partial charge in [-0.15, -0.1) is 0 Å². The Kier molecular flexibility index (Phi) is 6.34. The third kappa shape index (κ3) is 6.08. The second-order valence-electron chi connectivity index (χ2n) is 3.38. The molecule has 0 radical (unpaired) electrons. The monoisotopic (exact) mass is 297 g/mol. The molecule has 0 saturated carbocycles. The summed E-state index contributed by atoms with van der Waals surface area (Å²) < 4.78 is 12.6. The average Bonchev–Trinajstić information content (AvgIpc) is 2.34. The van der Waals surface area contributed by atoms with Crippen LogP contribution in [0.5, 0.6) is 0 Å². The molecule has 0 unspecified atom stereocenters. The van der Waals surface area contributed by atoms with Gasteiger partial charge < -0.3 is 5.32 Å². The van der Waals surface area contributed by atoms with Crippen LogP contribution in [-0.4, -0.2) is 17.8 Å². The third-order valence-electron chi connectivity index (χ3n) is 1.99. The predicted octanol–water partition coefficient (Wildman–Crippen LogP) is 2.47. The summed E-state index contributed by atoms with van der Waals surface area (Å²) in [7, 11) is 0. The zero-order valence-corrected chi connectivity index (χ0v) is 10.9. The van der Waals surface area contributed by atoms with E-state index in [1.807, 2.05) is 0 Å². The maximum absolute atomic E-state index is 12.6. The number of nitrogens with one attached hydrogen (secondary N) is 1. The van der Waals surface area contributed by atoms with E-state index in [0.717, 1.165) is 17.3 Å². The molecule has 1 rings (SSSR count). The molecule has 0 heterocycles. The van der Waals surface area contributed by atoms with E-state index in [-0.39, 0.29) is 11.7 Å². The Labute approximate surface area is 109 Å². The van der Waals surface area contributed by atoms with Gasteiger partial charge in [-0.1, -0.05) is 27.8 Å². The molecule has 2 nitrogen and oxygen atoms in total. The van der Waals surface area contributed by atoms with Crippen LogP contribution in [0.25, 0.3) is 0 Å². The summed E-state index contributed by atoms with van der Waals surface area (Å²) in [6.45, 7) is 0.318. The first-order chi connectivity index (χ1) is 8.22. The van der Waals surface area contributed by atoms with E-state index in [9.17, 15) is 9.18 Å². The largest absolute Gasteiger partial charge is 0.345 e. The quantitative estimate of drug-likeness (QED) is 0.671. The number of carbonyl (C=O) groups is 1. The minimum Gasteiger partial charge on any atom is -0.345 e. The smallest absolute Gasteiger partial charge is 0.220 e. The number of carbonyl (C=O) groups excluding carboxylic acids is 1. The van der Waals surface area contributed by atoms with Gasteiger partial charge in [-0.25, -0.2) is 4.39 Å². The van der Waals surface area contributed by atoms with Crippen molar-refractivity contribution in [3.63, 3.8) is 0 Å². The molecular formula is C13H13BrFNO. The molecule has 1 aromatic carbocycles. The molecule has 1 aromatic rings. The van der Waals surface area contributed by atoms with Gasteiger partial charge in [0.1, 0.15) is 5.82 Å². The van der Waals surface area contributed by atoms with Gasteiger partial charge >= 0.3 is 0 Å². The Hall–Kier alpha value is -1.34. The summed E-state index contributed by atoms with van der Waals surface area (Å²) in [5, 5.41) is 3.51. The van der Waals surface area contributed by atoms with Gasteiger partial charge in [0.15, 0.2) is 0 Å². The maximum atomic E-state index is 12.6. The van der Waals surface area contributed by atoms with Gasteiger partial charge in [0.05, 0.1) is 6.54 Å². The van der Waals surface area contributed by atoms with Gasteiger partial charge in [-0.2, -0.15) is 0 Å². The van der Waals surface area contributed by atoms with E-state index < -0.39 is 0 Å². The lowest BCUT2D eigenvalue weighted by Crippen LogP contribution is -2.23. The molecule has 4 heteroatoms. The first-order valence-corrected chi connectivity index (χ1v) is 6.41. The van der Waals surface area contributed by atoms with Crippen LogP contribution in [0.2, 0.25) is 0 Å². The van der Waals surface area contributed by atoms with Gasteiger partial charge in [0, 0.05) is 17.3 Å². The fourth-order valence-corrected chi connectivity index (χ4v) is 1.42. The highest BCUT2D eigenvalue weighted by Gasteiger charge is 1.97. The van der Waals surface area contributed by atoms with Crippen molar-refractivity contribution < 1.29 is 9.18 Å². The Morgan fingerprint density at radius 2 is 2.06 bits per heavy atom. The molecule has 0 bridgehead atoms. The number of halogens is 2. The first-order valence-electron chi connectivity index (χ1n) is 5.29. The van der Waals surface area contributed by atoms with E-state index in [1.54, 1.807) is 12.1 Å². The van der Waals surface area contributed by atoms with Crippen LogP contribution in [0.1, 0.15) is 18.4 Å². The predicted molar refractivity (Wildman–Crippen MR) is 69.3 cm³/mol. The van der Waals surface area contributed by atoms with Crippen molar-refractivity contribution in [2.24, 2.45) is 0 Å². The molecule has 0 aliphatic heterocycles. The van der Waals surface area contributed by atoms with Crippen LogP contribution < -0.4 is 5.32 Å². The normalized spacial score (nSPS) is 9.29. The average molecular weight is 298 g/mol. The first kappa shape index (κ1) is 13.7. The highest BCUT2D eigenvalue weighted by Crippen LogP contribution is 2.00. The summed E-state index contributed by atoms with van der Waals surface area (Å²) in [6, 6.07) is 5.93. The summed E-state index contributed by atoms with van der Waals surface area (Å²) in [5.41, 5.74) is 0.737. The van der Waals surface area contributed by atoms with Crippen LogP contribution in [0.3, 0.4) is 0 Å². The Balaban J connectivity index is 2.31. The van der Waals surface area contributed by atoms with Crippen LogP contribution in [-0.2, 0) is 4.79 Å². The molecule has 1 N–H and O–H groups in total. The van der Waals surface area contributed by atoms with Gasteiger partial charge in [-0.05, 0) is 30.7 Å². The second kappa shape index (κ2) is 7.86. The van der Waals surface area contributed by atoms with E-state index in [2.05, 4.69) is 33.1 Å². The molecule has 0 spiro atoms. The van der Waals surface area contributed by atoms with E-state index in [0.29, 0.717) is 13.0 Å². The highest BCUT2D eigenvalue weighted by molar-refractivity contribution is 9.09. The molecule has 17 heavy (non-hydrogen) atoms. The third-order valence-corrected chi connectivity index (χ3v) is 2.55. The Morgan fingerprint density at radius 3 is 2.71 bits per heavy atom. The number of rotatable bonds is 4. The minimum atomic E-state index is -0.279. The van der Waals surface area contributed by atoms with Gasteiger partial charge in [0.2, 0.25) is 5.91 Å². The van der Waals surface area contributed by atoms with Crippen molar-refractivity contribution in [1.29, 1.82) is 0 Å². The van der Waals surface area contributed by atoms with Crippen molar-refractivity contribution >= 4 is 21.8 Å². The number of hydrogen-bond acceptors (Lipinski definition) is 1. The van der Waals surface area contributed by atoms with Gasteiger partial charge in [-0.3, -0.25) is 4.79 Å². The van der Waals surface area contributed by atoms with Crippen molar-refractivity contribution in [2.45, 2.75) is 12.8 Å². The van der Waals surface area contributed by atoms with Gasteiger partial charge in [0.25, 0.3) is 0 Å². The van der Waals surface area contributed by atoms with Crippen LogP contribution >= 0.6 is 15.9 Å². The molecule has 1 amide bonds. The lowest BCUT2D eigenvalue weighted by atomic mass is 10.2.